The van der Waals surface area contributed by atoms with E-state index in [4.69, 9.17) is 1.37 Å². The van der Waals surface area contributed by atoms with E-state index in [0.29, 0.717) is 11.8 Å². The van der Waals surface area contributed by atoms with E-state index in [1.54, 1.807) is 5.38 Å². The fourth-order valence-corrected chi connectivity index (χ4v) is 5.03. The minimum atomic E-state index is -4.64. The number of carbonyl (C=O) groups is 1. The summed E-state index contributed by atoms with van der Waals surface area (Å²) >= 11 is 1.16. The zero-order valence-electron chi connectivity index (χ0n) is 18.3. The molecule has 1 heterocycles. The summed E-state index contributed by atoms with van der Waals surface area (Å²) in [7, 11) is -4.33. The Hall–Kier alpha value is -3.44. The first kappa shape index (κ1) is 22.4. The molecular weight excluding hydrogens is 487 g/mol. The van der Waals surface area contributed by atoms with Crippen LogP contribution in [0, 0.1) is 5.89 Å². The highest BCUT2D eigenvalue weighted by Gasteiger charge is 2.31. The van der Waals surface area contributed by atoms with Gasteiger partial charge in [0, 0.05) is 24.4 Å². The molecule has 1 unspecified atom stereocenters. The van der Waals surface area contributed by atoms with E-state index in [1.165, 1.54) is 24.3 Å². The van der Waals surface area contributed by atoms with Gasteiger partial charge in [0.15, 0.2) is 5.13 Å². The fraction of sp³-hybridized carbons (Fsp3) is 0.130. The van der Waals surface area contributed by atoms with Crippen molar-refractivity contribution in [3.8, 4) is 11.3 Å². The Balaban J connectivity index is 1.48. The fourth-order valence-electron chi connectivity index (χ4n) is 3.15. The minimum absolute atomic E-state index is 0.245. The molecule has 1 aromatic heterocycles. The van der Waals surface area contributed by atoms with Gasteiger partial charge >= 0.3 is 6.18 Å². The number of carbonyl (C=O) groups excluding carboxylic acids is 1. The molecular formula is C23H18F3N3O3S2. The van der Waals surface area contributed by atoms with Crippen molar-refractivity contribution >= 4 is 38.1 Å². The van der Waals surface area contributed by atoms with E-state index in [0.717, 1.165) is 29.0 Å². The molecule has 4 rings (SSSR count). The lowest BCUT2D eigenvalue weighted by Gasteiger charge is -2.19. The van der Waals surface area contributed by atoms with Gasteiger partial charge < -0.3 is 5.32 Å². The number of nitrogens with zero attached hydrogens (tertiary/aromatic N) is 1. The third kappa shape index (κ3) is 5.54. The van der Waals surface area contributed by atoms with Crippen molar-refractivity contribution in [2.75, 3.05) is 10.0 Å². The van der Waals surface area contributed by atoms with E-state index >= 15 is 0 Å². The molecule has 176 valence electrons. The van der Waals surface area contributed by atoms with Crippen LogP contribution in [0.25, 0.3) is 11.3 Å². The molecule has 0 aliphatic heterocycles. The molecule has 1 atom stereocenters. The van der Waals surface area contributed by atoms with Gasteiger partial charge in [0.25, 0.3) is 10.0 Å². The summed E-state index contributed by atoms with van der Waals surface area (Å²) in [6, 6.07) is 13.0. The van der Waals surface area contributed by atoms with Gasteiger partial charge in [0.2, 0.25) is 5.91 Å². The van der Waals surface area contributed by atoms with Crippen molar-refractivity contribution in [3.63, 3.8) is 0 Å². The van der Waals surface area contributed by atoms with Crippen molar-refractivity contribution in [1.82, 2.24) is 4.98 Å². The van der Waals surface area contributed by atoms with Crippen LogP contribution < -0.4 is 10.0 Å². The first-order valence-corrected chi connectivity index (χ1v) is 12.2. The molecule has 1 aliphatic carbocycles. The van der Waals surface area contributed by atoms with E-state index < -0.39 is 40.0 Å². The van der Waals surface area contributed by atoms with Crippen molar-refractivity contribution in [2.45, 2.75) is 12.6 Å². The maximum Gasteiger partial charge on any atom is 0.416 e. The molecule has 1 amide bonds. The highest BCUT2D eigenvalue weighted by Crippen LogP contribution is 2.32. The predicted molar refractivity (Wildman–Crippen MR) is 125 cm³/mol. The number of hydrogen-bond donors (Lipinski definition) is 2. The van der Waals surface area contributed by atoms with Gasteiger partial charge in [-0.3, -0.25) is 9.52 Å². The zero-order valence-corrected chi connectivity index (χ0v) is 19.0. The number of thiazole rings is 1. The van der Waals surface area contributed by atoms with E-state index in [1.807, 2.05) is 30.3 Å². The number of halogens is 3. The van der Waals surface area contributed by atoms with Gasteiger partial charge in [-0.15, -0.1) is 11.3 Å². The number of aromatic nitrogens is 1. The Kier molecular flexibility index (Phi) is 6.20. The highest BCUT2D eigenvalue weighted by molar-refractivity contribution is 7.96. The predicted octanol–water partition coefficient (Wildman–Crippen LogP) is 5.67. The van der Waals surface area contributed by atoms with Crippen LogP contribution in [0.1, 0.15) is 13.4 Å². The number of anilines is 2. The Morgan fingerprint density at radius 2 is 1.91 bits per heavy atom. The number of allylic oxidation sites excluding steroid dienone is 3. The molecule has 0 saturated carbocycles. The van der Waals surface area contributed by atoms with Gasteiger partial charge in [-0.05, 0) is 24.3 Å². The zero-order chi connectivity index (χ0) is 25.3. The van der Waals surface area contributed by atoms with Crippen LogP contribution in [-0.4, -0.2) is 19.3 Å². The van der Waals surface area contributed by atoms with E-state index in [-0.39, 0.29) is 15.7 Å². The summed E-state index contributed by atoms with van der Waals surface area (Å²) in [5.41, 5.74) is 0.186. The number of nitrogens with one attached hydrogen (secondary N) is 2. The van der Waals surface area contributed by atoms with Crippen LogP contribution in [0.4, 0.5) is 24.0 Å². The van der Waals surface area contributed by atoms with Gasteiger partial charge in [-0.25, -0.2) is 13.4 Å². The maximum atomic E-state index is 13.0. The van der Waals surface area contributed by atoms with Crippen LogP contribution >= 0.6 is 11.3 Å². The number of hydrogen-bond acceptors (Lipinski definition) is 5. The Morgan fingerprint density at radius 1 is 1.15 bits per heavy atom. The van der Waals surface area contributed by atoms with Crippen LogP contribution in [-0.2, 0) is 21.0 Å². The molecule has 0 radical (unpaired) electrons. The summed E-state index contributed by atoms with van der Waals surface area (Å²) in [5.74, 6) is -2.76. The van der Waals surface area contributed by atoms with Crippen LogP contribution in [0.3, 0.4) is 0 Å². The SMILES string of the molecule is [2H]C1(C(=O)Nc2nc(-c3ccccc3)cs2)C=CC=C(S(=O)(=O)Nc2cccc(C(F)(F)F)c2)C1. The topological polar surface area (TPSA) is 88.2 Å². The summed E-state index contributed by atoms with van der Waals surface area (Å²) in [5, 5.41) is 4.54. The molecule has 6 nitrogen and oxygen atoms in total. The van der Waals surface area contributed by atoms with Crippen LogP contribution in [0.2, 0.25) is 0 Å². The number of benzene rings is 2. The average molecular weight is 507 g/mol. The number of sulfonamides is 1. The van der Waals surface area contributed by atoms with Crippen molar-refractivity contribution in [1.29, 1.82) is 0 Å². The molecule has 2 N–H and O–H groups in total. The Bertz CT molecular complexity index is 1420. The monoisotopic (exact) mass is 506 g/mol. The second kappa shape index (κ2) is 9.43. The third-order valence-electron chi connectivity index (χ3n) is 4.82. The van der Waals surface area contributed by atoms with Gasteiger partial charge in [0.05, 0.1) is 22.1 Å². The molecule has 34 heavy (non-hydrogen) atoms. The quantitative estimate of drug-likeness (QED) is 0.451. The maximum absolute atomic E-state index is 13.0. The van der Waals surface area contributed by atoms with Crippen molar-refractivity contribution in [3.05, 3.63) is 88.7 Å². The summed E-state index contributed by atoms with van der Waals surface area (Å²) in [6.07, 6.45) is -1.45. The standard InChI is InChI=1S/C23H18F3N3O3S2/c24-23(25,26)17-9-5-10-18(13-17)29-34(31,32)19-11-4-8-16(12-19)21(30)28-22-27-20(14-33-22)15-6-2-1-3-7-15/h1-11,13-14,16,29H,12H2,(H,27,28,30)/i16D. The van der Waals surface area contributed by atoms with E-state index in [9.17, 15) is 26.4 Å². The second-order valence-corrected chi connectivity index (χ2v) is 9.83. The summed E-state index contributed by atoms with van der Waals surface area (Å²) < 4.78 is 75.1. The normalized spacial score (nSPS) is 18.7. The molecule has 1 aliphatic rings. The lowest BCUT2D eigenvalue weighted by molar-refractivity contribution is -0.137. The van der Waals surface area contributed by atoms with Gasteiger partial charge in [-0.1, -0.05) is 48.6 Å². The molecule has 0 spiro atoms. The van der Waals surface area contributed by atoms with Crippen molar-refractivity contribution < 1.29 is 27.8 Å². The average Bonchev–Trinajstić information content (AvgIpc) is 3.27. The molecule has 0 fully saturated rings. The van der Waals surface area contributed by atoms with Gasteiger partial charge in [0.1, 0.15) is 0 Å². The van der Waals surface area contributed by atoms with Crippen molar-refractivity contribution in [2.24, 2.45) is 5.89 Å². The minimum Gasteiger partial charge on any atom is -0.301 e. The molecule has 3 aromatic rings. The van der Waals surface area contributed by atoms with Crippen LogP contribution in [0.5, 0.6) is 0 Å². The first-order valence-electron chi connectivity index (χ1n) is 10.4. The number of alkyl halides is 3. The molecule has 11 heteroatoms. The second-order valence-electron chi connectivity index (χ2n) is 7.24. The molecule has 0 saturated heterocycles. The van der Waals surface area contributed by atoms with Gasteiger partial charge in [-0.2, -0.15) is 13.2 Å². The highest BCUT2D eigenvalue weighted by atomic mass is 32.2. The summed E-state index contributed by atoms with van der Waals surface area (Å²) in [4.78, 5) is 16.9. The number of amides is 1. The van der Waals surface area contributed by atoms with E-state index in [2.05, 4.69) is 15.0 Å². The number of rotatable bonds is 6. The molecule has 2 aromatic carbocycles. The summed E-state index contributed by atoms with van der Waals surface area (Å²) in [6.45, 7) is 0. The first-order chi connectivity index (χ1) is 16.5. The Morgan fingerprint density at radius 3 is 2.65 bits per heavy atom. The lowest BCUT2D eigenvalue weighted by atomic mass is 10.00. The van der Waals surface area contributed by atoms with Crippen LogP contribution in [0.15, 0.2) is 83.1 Å². The Labute approximate surface area is 199 Å². The molecule has 0 bridgehead atoms. The lowest BCUT2D eigenvalue weighted by Crippen LogP contribution is -2.26. The third-order valence-corrected chi connectivity index (χ3v) is 7.05. The largest absolute Gasteiger partial charge is 0.416 e. The smallest absolute Gasteiger partial charge is 0.301 e.